The summed E-state index contributed by atoms with van der Waals surface area (Å²) >= 11 is 5.53. The van der Waals surface area contributed by atoms with Crippen LogP contribution in [0.2, 0.25) is 5.15 Å². The molecule has 0 spiro atoms. The minimum atomic E-state index is -4.43. The fraction of sp³-hybridized carbons (Fsp3) is 0.444. The number of halogens is 4. The first-order chi connectivity index (χ1) is 8.71. The molecule has 0 saturated heterocycles. The Morgan fingerprint density at radius 1 is 1.42 bits per heavy atom. The van der Waals surface area contributed by atoms with E-state index in [2.05, 4.69) is 14.4 Å². The molecule has 0 fully saturated rings. The topological polar surface area (TPSA) is 68.3 Å². The van der Waals surface area contributed by atoms with Gasteiger partial charge in [-0.2, -0.15) is 13.2 Å². The number of nitrogens with zero attached hydrogens (tertiary/aromatic N) is 1. The summed E-state index contributed by atoms with van der Waals surface area (Å²) in [4.78, 5) is 3.49. The van der Waals surface area contributed by atoms with Crippen molar-refractivity contribution in [3.8, 4) is 0 Å². The maximum Gasteiger partial charge on any atom is 0.411 e. The average Bonchev–Trinajstić information content (AvgIpc) is 2.27. The first-order valence-electron chi connectivity index (χ1n) is 4.96. The van der Waals surface area contributed by atoms with Crippen molar-refractivity contribution in [2.75, 3.05) is 19.8 Å². The summed E-state index contributed by atoms with van der Waals surface area (Å²) < 4.78 is 64.9. The molecule has 0 aromatic carbocycles. The average molecular weight is 319 g/mol. The standard InChI is InChI=1S/C9H10ClF3N2O3S/c10-8-5-7(1-2-14-8)19(16,17)15-3-4-18-6-9(11,12)13/h1-2,5,15H,3-4,6H2. The van der Waals surface area contributed by atoms with Gasteiger partial charge in [-0.1, -0.05) is 11.6 Å². The Labute approximate surface area is 112 Å². The summed E-state index contributed by atoms with van der Waals surface area (Å²) in [6.07, 6.45) is -3.23. The van der Waals surface area contributed by atoms with E-state index in [1.807, 2.05) is 0 Å². The third-order valence-electron chi connectivity index (χ3n) is 1.81. The smallest absolute Gasteiger partial charge is 0.371 e. The van der Waals surface area contributed by atoms with Crippen molar-refractivity contribution in [3.63, 3.8) is 0 Å². The van der Waals surface area contributed by atoms with Crippen molar-refractivity contribution >= 4 is 21.6 Å². The van der Waals surface area contributed by atoms with Gasteiger partial charge in [0, 0.05) is 12.7 Å². The molecule has 1 aromatic heterocycles. The van der Waals surface area contributed by atoms with E-state index < -0.39 is 29.4 Å². The summed E-state index contributed by atoms with van der Waals surface area (Å²) in [7, 11) is -3.83. The van der Waals surface area contributed by atoms with Crippen LogP contribution in [0.15, 0.2) is 23.2 Å². The lowest BCUT2D eigenvalue weighted by molar-refractivity contribution is -0.173. The van der Waals surface area contributed by atoms with Gasteiger partial charge >= 0.3 is 6.18 Å². The molecular formula is C9H10ClF3N2O3S. The number of rotatable bonds is 6. The van der Waals surface area contributed by atoms with Crippen LogP contribution in [0.5, 0.6) is 0 Å². The second kappa shape index (κ2) is 6.51. The van der Waals surface area contributed by atoms with Crippen molar-refractivity contribution < 1.29 is 26.3 Å². The van der Waals surface area contributed by atoms with Crippen molar-refractivity contribution in [3.05, 3.63) is 23.5 Å². The molecule has 19 heavy (non-hydrogen) atoms. The molecule has 0 unspecified atom stereocenters. The second-order valence-corrected chi connectivity index (χ2v) is 5.53. The van der Waals surface area contributed by atoms with Gasteiger partial charge in [-0.15, -0.1) is 0 Å². The Bertz CT molecular complexity index is 522. The monoisotopic (exact) mass is 318 g/mol. The van der Waals surface area contributed by atoms with E-state index in [4.69, 9.17) is 11.6 Å². The summed E-state index contributed by atoms with van der Waals surface area (Å²) in [5.74, 6) is 0. The van der Waals surface area contributed by atoms with E-state index in [0.29, 0.717) is 0 Å². The van der Waals surface area contributed by atoms with Gasteiger partial charge in [-0.25, -0.2) is 18.1 Å². The number of alkyl halides is 3. The largest absolute Gasteiger partial charge is 0.411 e. The van der Waals surface area contributed by atoms with Crippen LogP contribution >= 0.6 is 11.6 Å². The summed E-state index contributed by atoms with van der Waals surface area (Å²) in [5, 5.41) is -0.00352. The zero-order valence-electron chi connectivity index (χ0n) is 9.45. The molecule has 1 N–H and O–H groups in total. The summed E-state index contributed by atoms with van der Waals surface area (Å²) in [6.45, 7) is -2.09. The van der Waals surface area contributed by atoms with E-state index >= 15 is 0 Å². The van der Waals surface area contributed by atoms with Crippen LogP contribution in [0.25, 0.3) is 0 Å². The van der Waals surface area contributed by atoms with E-state index in [1.54, 1.807) is 0 Å². The minimum Gasteiger partial charge on any atom is -0.371 e. The van der Waals surface area contributed by atoms with Crippen LogP contribution in [-0.4, -0.2) is 39.3 Å². The van der Waals surface area contributed by atoms with Gasteiger partial charge in [0.1, 0.15) is 11.8 Å². The van der Waals surface area contributed by atoms with Crippen LogP contribution < -0.4 is 4.72 Å². The minimum absolute atomic E-state index is 0.00352. The van der Waals surface area contributed by atoms with Crippen molar-refractivity contribution in [1.82, 2.24) is 9.71 Å². The van der Waals surface area contributed by atoms with Crippen LogP contribution in [0, 0.1) is 0 Å². The summed E-state index contributed by atoms with van der Waals surface area (Å²) in [6, 6.07) is 2.34. The van der Waals surface area contributed by atoms with E-state index in [-0.39, 0.29) is 16.6 Å². The van der Waals surface area contributed by atoms with Crippen LogP contribution in [0.4, 0.5) is 13.2 Å². The number of hydrogen-bond donors (Lipinski definition) is 1. The van der Waals surface area contributed by atoms with Crippen LogP contribution in [-0.2, 0) is 14.8 Å². The zero-order chi connectivity index (χ0) is 14.5. The molecule has 1 heterocycles. The third kappa shape index (κ3) is 6.19. The van der Waals surface area contributed by atoms with Gasteiger partial charge in [-0.3, -0.25) is 0 Å². The van der Waals surface area contributed by atoms with Gasteiger partial charge in [0.2, 0.25) is 10.0 Å². The highest BCUT2D eigenvalue weighted by atomic mass is 35.5. The maximum atomic E-state index is 11.7. The van der Waals surface area contributed by atoms with Gasteiger partial charge in [-0.05, 0) is 12.1 Å². The highest BCUT2D eigenvalue weighted by Gasteiger charge is 2.27. The van der Waals surface area contributed by atoms with E-state index in [1.165, 1.54) is 12.3 Å². The quantitative estimate of drug-likeness (QED) is 0.639. The normalized spacial score (nSPS) is 12.6. The van der Waals surface area contributed by atoms with E-state index in [0.717, 1.165) is 6.07 Å². The lowest BCUT2D eigenvalue weighted by Crippen LogP contribution is -2.29. The first kappa shape index (κ1) is 16.2. The highest BCUT2D eigenvalue weighted by Crippen LogP contribution is 2.14. The second-order valence-electron chi connectivity index (χ2n) is 3.38. The lowest BCUT2D eigenvalue weighted by atomic mass is 10.5. The Kier molecular flexibility index (Phi) is 5.53. The predicted molar refractivity (Wildman–Crippen MR) is 61.3 cm³/mol. The number of sulfonamides is 1. The molecule has 0 radical (unpaired) electrons. The molecule has 108 valence electrons. The summed E-state index contributed by atoms with van der Waals surface area (Å²) in [5.41, 5.74) is 0. The van der Waals surface area contributed by atoms with Gasteiger partial charge in [0.15, 0.2) is 0 Å². The fourth-order valence-electron chi connectivity index (χ4n) is 1.07. The first-order valence-corrected chi connectivity index (χ1v) is 6.82. The Balaban J connectivity index is 2.44. The highest BCUT2D eigenvalue weighted by molar-refractivity contribution is 7.89. The molecule has 5 nitrogen and oxygen atoms in total. The lowest BCUT2D eigenvalue weighted by Gasteiger charge is -2.09. The zero-order valence-corrected chi connectivity index (χ0v) is 11.0. The van der Waals surface area contributed by atoms with Crippen molar-refractivity contribution in [2.24, 2.45) is 0 Å². The fourth-order valence-corrected chi connectivity index (χ4v) is 2.34. The molecule has 1 aromatic rings. The van der Waals surface area contributed by atoms with Gasteiger partial charge in [0.25, 0.3) is 0 Å². The van der Waals surface area contributed by atoms with Crippen LogP contribution in [0.1, 0.15) is 0 Å². The Morgan fingerprint density at radius 3 is 2.68 bits per heavy atom. The Hall–Kier alpha value is -0.900. The molecule has 0 aliphatic rings. The van der Waals surface area contributed by atoms with Gasteiger partial charge < -0.3 is 4.74 Å². The number of aromatic nitrogens is 1. The molecule has 10 heteroatoms. The SMILES string of the molecule is O=S(=O)(NCCOCC(F)(F)F)c1ccnc(Cl)c1. The number of ether oxygens (including phenoxy) is 1. The molecule has 0 atom stereocenters. The van der Waals surface area contributed by atoms with Crippen molar-refractivity contribution in [2.45, 2.75) is 11.1 Å². The maximum absolute atomic E-state index is 11.7. The molecule has 0 bridgehead atoms. The number of pyridine rings is 1. The molecule has 0 saturated carbocycles. The third-order valence-corrected chi connectivity index (χ3v) is 3.48. The molecular weight excluding hydrogens is 309 g/mol. The molecule has 1 rings (SSSR count). The predicted octanol–water partition coefficient (Wildman–Crippen LogP) is 1.59. The molecule has 0 aliphatic carbocycles. The molecule has 0 amide bonds. The van der Waals surface area contributed by atoms with E-state index in [9.17, 15) is 21.6 Å². The number of nitrogens with one attached hydrogen (secondary N) is 1. The Morgan fingerprint density at radius 2 is 2.11 bits per heavy atom. The number of hydrogen-bond acceptors (Lipinski definition) is 4. The van der Waals surface area contributed by atoms with Crippen molar-refractivity contribution in [1.29, 1.82) is 0 Å². The molecule has 0 aliphatic heterocycles. The van der Waals surface area contributed by atoms with Crippen LogP contribution in [0.3, 0.4) is 0 Å². The van der Waals surface area contributed by atoms with Gasteiger partial charge in [0.05, 0.1) is 11.5 Å².